The number of Topliss-reactive ketones (excluding diaryl/α,β-unsaturated/α-hetero) is 1. The Balaban J connectivity index is 1.86. The van der Waals surface area contributed by atoms with Crippen molar-refractivity contribution in [3.05, 3.63) is 75.6 Å². The first-order valence-electron chi connectivity index (χ1n) is 7.76. The molecule has 0 bridgehead atoms. The average Bonchev–Trinajstić information content (AvgIpc) is 2.56. The van der Waals surface area contributed by atoms with Crippen LogP contribution in [0.15, 0.2) is 57.7 Å². The number of hydrogen-bond acceptors (Lipinski definition) is 4. The first kappa shape index (κ1) is 16.0. The number of aryl methyl sites for hydroxylation is 2. The van der Waals surface area contributed by atoms with E-state index in [9.17, 15) is 9.59 Å². The summed E-state index contributed by atoms with van der Waals surface area (Å²) in [5.74, 6) is 0.411. The van der Waals surface area contributed by atoms with Gasteiger partial charge in [-0.05, 0) is 50.6 Å². The normalized spacial score (nSPS) is 12.1. The van der Waals surface area contributed by atoms with Gasteiger partial charge in [-0.1, -0.05) is 17.7 Å². The molecule has 2 aromatic carbocycles. The van der Waals surface area contributed by atoms with Crippen molar-refractivity contribution in [3.63, 3.8) is 0 Å². The topological polar surface area (TPSA) is 56.5 Å². The van der Waals surface area contributed by atoms with Gasteiger partial charge in [0.25, 0.3) is 0 Å². The Morgan fingerprint density at radius 2 is 1.79 bits per heavy atom. The maximum atomic E-state index is 12.6. The lowest BCUT2D eigenvalue weighted by Gasteiger charge is -2.15. The molecule has 0 radical (unpaired) electrons. The van der Waals surface area contributed by atoms with Crippen LogP contribution in [0.5, 0.6) is 5.75 Å². The Morgan fingerprint density at radius 1 is 1.04 bits per heavy atom. The molecule has 1 atom stereocenters. The first-order valence-corrected chi connectivity index (χ1v) is 7.76. The lowest BCUT2D eigenvalue weighted by atomic mass is 9.99. The van der Waals surface area contributed by atoms with E-state index in [4.69, 9.17) is 9.15 Å². The number of fused-ring (bicyclic) bond motifs is 1. The molecule has 4 nitrogen and oxygen atoms in total. The molecule has 0 aliphatic carbocycles. The molecule has 0 N–H and O–H groups in total. The van der Waals surface area contributed by atoms with Crippen molar-refractivity contribution in [2.45, 2.75) is 26.9 Å². The molecule has 0 spiro atoms. The summed E-state index contributed by atoms with van der Waals surface area (Å²) in [5.41, 5.74) is 2.63. The van der Waals surface area contributed by atoms with Crippen LogP contribution < -0.4 is 10.4 Å². The van der Waals surface area contributed by atoms with Gasteiger partial charge in [0.2, 0.25) is 5.78 Å². The molecule has 0 fully saturated rings. The molecule has 0 aliphatic heterocycles. The fourth-order valence-electron chi connectivity index (χ4n) is 2.59. The fourth-order valence-corrected chi connectivity index (χ4v) is 2.59. The van der Waals surface area contributed by atoms with Crippen LogP contribution in [-0.2, 0) is 0 Å². The summed E-state index contributed by atoms with van der Waals surface area (Å²) in [4.78, 5) is 24.0. The Labute approximate surface area is 139 Å². The number of carbonyl (C=O) groups is 1. The SMILES string of the molecule is Cc1ccc(C)c(C(=O)[C@@H](C)Oc2ccc3ccc(=O)oc3c2)c1. The maximum Gasteiger partial charge on any atom is 0.336 e. The van der Waals surface area contributed by atoms with Gasteiger partial charge in [0.15, 0.2) is 6.10 Å². The number of ether oxygens (including phenoxy) is 1. The number of rotatable bonds is 4. The zero-order valence-electron chi connectivity index (χ0n) is 13.8. The second-order valence-corrected chi connectivity index (χ2v) is 5.90. The summed E-state index contributed by atoms with van der Waals surface area (Å²) < 4.78 is 10.9. The molecule has 3 aromatic rings. The second kappa shape index (κ2) is 6.32. The summed E-state index contributed by atoms with van der Waals surface area (Å²) >= 11 is 0. The highest BCUT2D eigenvalue weighted by Gasteiger charge is 2.19. The number of carbonyl (C=O) groups excluding carboxylic acids is 1. The highest BCUT2D eigenvalue weighted by atomic mass is 16.5. The Kier molecular flexibility index (Phi) is 4.21. The molecule has 0 saturated heterocycles. The van der Waals surface area contributed by atoms with Crippen LogP contribution in [0.4, 0.5) is 0 Å². The van der Waals surface area contributed by atoms with Crippen molar-refractivity contribution in [1.29, 1.82) is 0 Å². The van der Waals surface area contributed by atoms with Crippen LogP contribution in [-0.4, -0.2) is 11.9 Å². The minimum Gasteiger partial charge on any atom is -0.482 e. The summed E-state index contributed by atoms with van der Waals surface area (Å²) in [6.07, 6.45) is -0.640. The molecule has 1 aromatic heterocycles. The van der Waals surface area contributed by atoms with Crippen molar-refractivity contribution in [2.24, 2.45) is 0 Å². The van der Waals surface area contributed by atoms with E-state index in [1.165, 1.54) is 6.07 Å². The Morgan fingerprint density at radius 3 is 2.58 bits per heavy atom. The van der Waals surface area contributed by atoms with Crippen LogP contribution in [0.25, 0.3) is 11.0 Å². The van der Waals surface area contributed by atoms with E-state index in [1.54, 1.807) is 31.2 Å². The van der Waals surface area contributed by atoms with E-state index in [1.807, 2.05) is 32.0 Å². The fraction of sp³-hybridized carbons (Fsp3) is 0.200. The monoisotopic (exact) mass is 322 g/mol. The number of hydrogen-bond donors (Lipinski definition) is 0. The second-order valence-electron chi connectivity index (χ2n) is 5.90. The smallest absolute Gasteiger partial charge is 0.336 e. The Bertz CT molecular complexity index is 969. The Hall–Kier alpha value is -2.88. The van der Waals surface area contributed by atoms with Crippen LogP contribution >= 0.6 is 0 Å². The summed E-state index contributed by atoms with van der Waals surface area (Å²) in [6.45, 7) is 5.58. The van der Waals surface area contributed by atoms with Crippen LogP contribution in [0.1, 0.15) is 28.4 Å². The van der Waals surface area contributed by atoms with Gasteiger partial charge < -0.3 is 9.15 Å². The van der Waals surface area contributed by atoms with Gasteiger partial charge >= 0.3 is 5.63 Å². The molecule has 24 heavy (non-hydrogen) atoms. The van der Waals surface area contributed by atoms with Gasteiger partial charge in [0.1, 0.15) is 11.3 Å². The molecule has 3 rings (SSSR count). The van der Waals surface area contributed by atoms with E-state index in [0.717, 1.165) is 16.5 Å². The zero-order valence-corrected chi connectivity index (χ0v) is 13.8. The largest absolute Gasteiger partial charge is 0.482 e. The predicted octanol–water partition coefficient (Wildman–Crippen LogP) is 4.06. The molecule has 0 amide bonds. The van der Waals surface area contributed by atoms with E-state index in [0.29, 0.717) is 16.9 Å². The zero-order chi connectivity index (χ0) is 17.3. The van der Waals surface area contributed by atoms with Gasteiger partial charge in [0, 0.05) is 23.1 Å². The maximum absolute atomic E-state index is 12.6. The van der Waals surface area contributed by atoms with E-state index in [-0.39, 0.29) is 5.78 Å². The third kappa shape index (κ3) is 3.23. The highest BCUT2D eigenvalue weighted by molar-refractivity contribution is 6.00. The highest BCUT2D eigenvalue weighted by Crippen LogP contribution is 2.22. The molecule has 0 saturated carbocycles. The molecular formula is C20H18O4. The van der Waals surface area contributed by atoms with E-state index in [2.05, 4.69) is 0 Å². The van der Waals surface area contributed by atoms with Gasteiger partial charge in [-0.3, -0.25) is 4.79 Å². The van der Waals surface area contributed by atoms with Crippen molar-refractivity contribution >= 4 is 16.8 Å². The molecule has 1 heterocycles. The minimum atomic E-state index is -0.640. The van der Waals surface area contributed by atoms with E-state index >= 15 is 0 Å². The summed E-state index contributed by atoms with van der Waals surface area (Å²) in [6, 6.07) is 14.0. The van der Waals surface area contributed by atoms with E-state index < -0.39 is 11.7 Å². The summed E-state index contributed by atoms with van der Waals surface area (Å²) in [5, 5.41) is 0.801. The van der Waals surface area contributed by atoms with Gasteiger partial charge in [-0.25, -0.2) is 4.79 Å². The van der Waals surface area contributed by atoms with Crippen molar-refractivity contribution in [1.82, 2.24) is 0 Å². The number of ketones is 1. The molecule has 0 aliphatic rings. The molecule has 0 unspecified atom stereocenters. The standard InChI is InChI=1S/C20H18O4/c1-12-4-5-13(2)17(10-12)20(22)14(3)23-16-8-6-15-7-9-19(21)24-18(15)11-16/h4-11,14H,1-3H3/t14-/m1/s1. The molecular weight excluding hydrogens is 304 g/mol. The van der Waals surface area contributed by atoms with Crippen molar-refractivity contribution < 1.29 is 13.9 Å². The van der Waals surface area contributed by atoms with Gasteiger partial charge in [-0.2, -0.15) is 0 Å². The molecule has 122 valence electrons. The van der Waals surface area contributed by atoms with Gasteiger partial charge in [-0.15, -0.1) is 0 Å². The first-order chi connectivity index (χ1) is 11.4. The average molecular weight is 322 g/mol. The molecule has 4 heteroatoms. The quantitative estimate of drug-likeness (QED) is 0.537. The third-order valence-electron chi connectivity index (χ3n) is 3.94. The number of benzene rings is 2. The lowest BCUT2D eigenvalue weighted by Crippen LogP contribution is -2.24. The third-order valence-corrected chi connectivity index (χ3v) is 3.94. The minimum absolute atomic E-state index is 0.0780. The predicted molar refractivity (Wildman–Crippen MR) is 92.8 cm³/mol. The lowest BCUT2D eigenvalue weighted by molar-refractivity contribution is 0.0817. The summed E-state index contributed by atoms with van der Waals surface area (Å²) in [7, 11) is 0. The van der Waals surface area contributed by atoms with Crippen molar-refractivity contribution in [3.8, 4) is 5.75 Å². The van der Waals surface area contributed by atoms with Crippen LogP contribution in [0.3, 0.4) is 0 Å². The van der Waals surface area contributed by atoms with Crippen molar-refractivity contribution in [2.75, 3.05) is 0 Å². The van der Waals surface area contributed by atoms with Crippen LogP contribution in [0.2, 0.25) is 0 Å². The van der Waals surface area contributed by atoms with Crippen LogP contribution in [0, 0.1) is 13.8 Å². The van der Waals surface area contributed by atoms with Gasteiger partial charge in [0.05, 0.1) is 0 Å².